The Labute approximate surface area is 180 Å². The van der Waals surface area contributed by atoms with Gasteiger partial charge in [0, 0.05) is 30.4 Å². The van der Waals surface area contributed by atoms with Crippen LogP contribution in [0.1, 0.15) is 29.3 Å². The summed E-state index contributed by atoms with van der Waals surface area (Å²) in [5.41, 5.74) is 3.25. The molecule has 3 aromatic rings. The molecule has 2 N–H and O–H groups in total. The van der Waals surface area contributed by atoms with Crippen molar-refractivity contribution < 1.29 is 9.59 Å². The minimum absolute atomic E-state index is 0.169. The molecule has 0 radical (unpaired) electrons. The first kappa shape index (κ1) is 21.6. The van der Waals surface area contributed by atoms with Gasteiger partial charge in [-0.2, -0.15) is 0 Å². The molecule has 0 spiro atoms. The van der Waals surface area contributed by atoms with E-state index in [0.29, 0.717) is 16.4 Å². The van der Waals surface area contributed by atoms with Crippen molar-refractivity contribution in [2.45, 2.75) is 32.0 Å². The number of thioether (sulfide) groups is 1. The van der Waals surface area contributed by atoms with Gasteiger partial charge in [-0.1, -0.05) is 48.5 Å². The largest absolute Gasteiger partial charge is 0.355 e. The number of nitrogens with one attached hydrogen (secondary N) is 2. The summed E-state index contributed by atoms with van der Waals surface area (Å²) in [6.45, 7) is 4.91. The average molecular weight is 424 g/mol. The zero-order valence-corrected chi connectivity index (χ0v) is 18.1. The Morgan fingerprint density at radius 3 is 2.63 bits per heavy atom. The quantitative estimate of drug-likeness (QED) is 0.539. The molecule has 0 aliphatic carbocycles. The van der Waals surface area contributed by atoms with Gasteiger partial charge in [0.1, 0.15) is 0 Å². The Bertz CT molecular complexity index is 1050. The Morgan fingerprint density at radius 2 is 1.90 bits per heavy atom. The molecule has 0 aliphatic rings. The first-order valence-electron chi connectivity index (χ1n) is 9.77. The molecule has 0 aliphatic heterocycles. The van der Waals surface area contributed by atoms with Crippen molar-refractivity contribution in [3.8, 4) is 11.4 Å². The second-order valence-electron chi connectivity index (χ2n) is 6.82. The van der Waals surface area contributed by atoms with Crippen LogP contribution in [0.2, 0.25) is 0 Å². The summed E-state index contributed by atoms with van der Waals surface area (Å²) in [7, 11) is 1.57. The molecular formula is C22H25N5O2S. The van der Waals surface area contributed by atoms with Gasteiger partial charge in [0.2, 0.25) is 5.91 Å². The highest BCUT2D eigenvalue weighted by atomic mass is 32.2. The molecule has 0 saturated heterocycles. The van der Waals surface area contributed by atoms with Crippen LogP contribution in [0, 0.1) is 6.92 Å². The minimum atomic E-state index is -0.197. The highest BCUT2D eigenvalue weighted by Crippen LogP contribution is 2.25. The molecule has 2 amide bonds. The molecular weight excluding hydrogens is 398 g/mol. The predicted molar refractivity (Wildman–Crippen MR) is 120 cm³/mol. The van der Waals surface area contributed by atoms with E-state index in [0.717, 1.165) is 29.9 Å². The minimum Gasteiger partial charge on any atom is -0.355 e. The smallest absolute Gasteiger partial charge is 0.251 e. The second kappa shape index (κ2) is 10.1. The molecule has 30 heavy (non-hydrogen) atoms. The van der Waals surface area contributed by atoms with Crippen LogP contribution in [0.15, 0.2) is 53.7 Å². The molecule has 1 aromatic heterocycles. The summed E-state index contributed by atoms with van der Waals surface area (Å²) in [6.07, 6.45) is 0.933. The standard InChI is InChI=1S/C22H25N5O2S/c1-4-11-27-20(16-8-5-7-15(2)12-16)25-26-22(27)30-14-19(28)24-18-10-6-9-17(13-18)21(29)23-3/h5-10,12-13H,4,11,14H2,1-3H3,(H,23,29)(H,24,28). The van der Waals surface area contributed by atoms with Crippen LogP contribution in [-0.4, -0.2) is 39.4 Å². The van der Waals surface area contributed by atoms with Gasteiger partial charge in [-0.3, -0.25) is 9.59 Å². The Hall–Kier alpha value is -3.13. The lowest BCUT2D eigenvalue weighted by molar-refractivity contribution is -0.113. The lowest BCUT2D eigenvalue weighted by Crippen LogP contribution is -2.19. The number of amides is 2. The van der Waals surface area contributed by atoms with Gasteiger partial charge in [0.15, 0.2) is 11.0 Å². The normalized spacial score (nSPS) is 10.6. The maximum absolute atomic E-state index is 12.4. The van der Waals surface area contributed by atoms with Gasteiger partial charge in [-0.05, 0) is 37.6 Å². The fourth-order valence-electron chi connectivity index (χ4n) is 3.03. The van der Waals surface area contributed by atoms with Crippen LogP contribution in [0.25, 0.3) is 11.4 Å². The monoisotopic (exact) mass is 423 g/mol. The molecule has 156 valence electrons. The first-order valence-corrected chi connectivity index (χ1v) is 10.8. The maximum atomic E-state index is 12.4. The predicted octanol–water partition coefficient (Wildman–Crippen LogP) is 3.75. The van der Waals surface area contributed by atoms with E-state index < -0.39 is 0 Å². The number of aryl methyl sites for hydroxylation is 1. The molecule has 0 atom stereocenters. The molecule has 2 aromatic carbocycles. The topological polar surface area (TPSA) is 88.9 Å². The van der Waals surface area contributed by atoms with Crippen molar-refractivity contribution in [3.05, 3.63) is 59.7 Å². The van der Waals surface area contributed by atoms with E-state index in [1.807, 2.05) is 25.1 Å². The summed E-state index contributed by atoms with van der Waals surface area (Å²) in [5.74, 6) is 0.635. The summed E-state index contributed by atoms with van der Waals surface area (Å²) in [6, 6.07) is 15.0. The zero-order valence-electron chi connectivity index (χ0n) is 17.3. The van der Waals surface area contributed by atoms with Crippen LogP contribution in [0.3, 0.4) is 0 Å². The molecule has 0 unspecified atom stereocenters. The van der Waals surface area contributed by atoms with Gasteiger partial charge in [-0.25, -0.2) is 0 Å². The van der Waals surface area contributed by atoms with Crippen LogP contribution >= 0.6 is 11.8 Å². The third-order valence-electron chi connectivity index (χ3n) is 4.41. The van der Waals surface area contributed by atoms with Gasteiger partial charge in [-0.15, -0.1) is 10.2 Å². The van der Waals surface area contributed by atoms with E-state index in [-0.39, 0.29) is 17.6 Å². The average Bonchev–Trinajstić information content (AvgIpc) is 3.15. The third kappa shape index (κ3) is 5.27. The summed E-state index contributed by atoms with van der Waals surface area (Å²) in [5, 5.41) is 14.8. The van der Waals surface area contributed by atoms with E-state index in [9.17, 15) is 9.59 Å². The van der Waals surface area contributed by atoms with Crippen LogP contribution < -0.4 is 10.6 Å². The molecule has 0 bridgehead atoms. The first-order chi connectivity index (χ1) is 14.5. The highest BCUT2D eigenvalue weighted by Gasteiger charge is 2.15. The van der Waals surface area contributed by atoms with Crippen molar-refractivity contribution in [2.24, 2.45) is 0 Å². The number of hydrogen-bond donors (Lipinski definition) is 2. The maximum Gasteiger partial charge on any atom is 0.251 e. The van der Waals surface area contributed by atoms with E-state index >= 15 is 0 Å². The van der Waals surface area contributed by atoms with Gasteiger partial charge in [0.25, 0.3) is 5.91 Å². The van der Waals surface area contributed by atoms with E-state index in [1.165, 1.54) is 11.8 Å². The number of hydrogen-bond acceptors (Lipinski definition) is 5. The number of nitrogens with zero attached hydrogens (tertiary/aromatic N) is 3. The van der Waals surface area contributed by atoms with Crippen LogP contribution in [0.5, 0.6) is 0 Å². The molecule has 8 heteroatoms. The van der Waals surface area contributed by atoms with E-state index in [1.54, 1.807) is 31.3 Å². The van der Waals surface area contributed by atoms with E-state index in [4.69, 9.17) is 0 Å². The van der Waals surface area contributed by atoms with Crippen LogP contribution in [0.4, 0.5) is 5.69 Å². The molecule has 1 heterocycles. The number of carbonyl (C=O) groups is 2. The Kier molecular flexibility index (Phi) is 7.24. The Balaban J connectivity index is 1.70. The summed E-state index contributed by atoms with van der Waals surface area (Å²) >= 11 is 1.35. The Morgan fingerprint density at radius 1 is 1.10 bits per heavy atom. The molecule has 0 saturated carbocycles. The SMILES string of the molecule is CCCn1c(SCC(=O)Nc2cccc(C(=O)NC)c2)nnc1-c1cccc(C)c1. The summed E-state index contributed by atoms with van der Waals surface area (Å²) < 4.78 is 2.05. The number of rotatable bonds is 8. The van der Waals surface area contributed by atoms with Gasteiger partial charge in [0.05, 0.1) is 5.75 Å². The van der Waals surface area contributed by atoms with Crippen molar-refractivity contribution >= 4 is 29.3 Å². The van der Waals surface area contributed by atoms with Crippen LogP contribution in [-0.2, 0) is 11.3 Å². The number of aromatic nitrogens is 3. The van der Waals surface area contributed by atoms with E-state index in [2.05, 4.69) is 38.4 Å². The van der Waals surface area contributed by atoms with Crippen molar-refractivity contribution in [1.29, 1.82) is 0 Å². The highest BCUT2D eigenvalue weighted by molar-refractivity contribution is 7.99. The van der Waals surface area contributed by atoms with Gasteiger partial charge < -0.3 is 15.2 Å². The van der Waals surface area contributed by atoms with Crippen molar-refractivity contribution in [2.75, 3.05) is 18.1 Å². The lowest BCUT2D eigenvalue weighted by atomic mass is 10.1. The molecule has 0 fully saturated rings. The lowest BCUT2D eigenvalue weighted by Gasteiger charge is -2.10. The fourth-order valence-corrected chi connectivity index (χ4v) is 3.79. The number of carbonyl (C=O) groups excluding carboxylic acids is 2. The number of benzene rings is 2. The van der Waals surface area contributed by atoms with Crippen molar-refractivity contribution in [1.82, 2.24) is 20.1 Å². The second-order valence-corrected chi connectivity index (χ2v) is 7.77. The zero-order chi connectivity index (χ0) is 21.5. The van der Waals surface area contributed by atoms with Gasteiger partial charge >= 0.3 is 0 Å². The molecule has 3 rings (SSSR count). The molecule has 7 nitrogen and oxygen atoms in total. The van der Waals surface area contributed by atoms with Crippen molar-refractivity contribution in [3.63, 3.8) is 0 Å². The summed E-state index contributed by atoms with van der Waals surface area (Å²) in [4.78, 5) is 24.2. The number of anilines is 1. The fraction of sp³-hybridized carbons (Fsp3) is 0.273. The third-order valence-corrected chi connectivity index (χ3v) is 5.38.